The highest BCUT2D eigenvalue weighted by Gasteiger charge is 2.17. The maximum Gasteiger partial charge on any atom is 0.249 e. The highest BCUT2D eigenvalue weighted by molar-refractivity contribution is 6.18. The summed E-state index contributed by atoms with van der Waals surface area (Å²) >= 11 is 0. The molecule has 0 saturated carbocycles. The smallest absolute Gasteiger partial charge is 0.249 e. The van der Waals surface area contributed by atoms with E-state index in [9.17, 15) is 10.1 Å². The molecule has 4 heteroatoms. The first-order chi connectivity index (χ1) is 15.2. The van der Waals surface area contributed by atoms with Crippen molar-refractivity contribution in [3.05, 3.63) is 108 Å². The number of nitriles is 1. The highest BCUT2D eigenvalue weighted by Crippen LogP contribution is 2.35. The van der Waals surface area contributed by atoms with Crippen LogP contribution in [-0.4, -0.2) is 10.5 Å². The van der Waals surface area contributed by atoms with Crippen LogP contribution in [-0.2, 0) is 6.54 Å². The first-order valence-electron chi connectivity index (χ1n) is 10.0. The zero-order valence-corrected chi connectivity index (χ0v) is 16.7. The SMILES string of the molecule is N#Cc1cccc(Cn2c3cc(-c4ccccc4)ccc3c3c(C(N)=O)cccc32)c1. The van der Waals surface area contributed by atoms with Crippen LogP contribution < -0.4 is 5.73 Å². The van der Waals surface area contributed by atoms with E-state index in [1.165, 1.54) is 0 Å². The number of nitrogens with two attached hydrogens (primary N) is 1. The van der Waals surface area contributed by atoms with Crippen molar-refractivity contribution >= 4 is 27.7 Å². The number of nitrogens with zero attached hydrogens (tertiary/aromatic N) is 2. The van der Waals surface area contributed by atoms with Gasteiger partial charge in [0.1, 0.15) is 0 Å². The van der Waals surface area contributed by atoms with Gasteiger partial charge in [0.15, 0.2) is 0 Å². The summed E-state index contributed by atoms with van der Waals surface area (Å²) in [7, 11) is 0. The monoisotopic (exact) mass is 401 g/mol. The number of carbonyl (C=O) groups excluding carboxylic acids is 1. The van der Waals surface area contributed by atoms with E-state index in [-0.39, 0.29) is 0 Å². The maximum absolute atomic E-state index is 12.2. The fourth-order valence-corrected chi connectivity index (χ4v) is 4.25. The summed E-state index contributed by atoms with van der Waals surface area (Å²) in [5.74, 6) is -0.441. The lowest BCUT2D eigenvalue weighted by Crippen LogP contribution is -2.11. The number of rotatable bonds is 4. The van der Waals surface area contributed by atoms with Gasteiger partial charge in [0.05, 0.1) is 22.7 Å². The van der Waals surface area contributed by atoms with Gasteiger partial charge >= 0.3 is 0 Å². The van der Waals surface area contributed by atoms with Crippen LogP contribution in [0.1, 0.15) is 21.5 Å². The Hall–Kier alpha value is -4.36. The van der Waals surface area contributed by atoms with Crippen molar-refractivity contribution in [1.82, 2.24) is 4.57 Å². The molecule has 0 atom stereocenters. The van der Waals surface area contributed by atoms with E-state index in [2.05, 4.69) is 41.0 Å². The third-order valence-electron chi connectivity index (χ3n) is 5.66. The first kappa shape index (κ1) is 18.7. The Kier molecular flexibility index (Phi) is 4.50. The number of carbonyl (C=O) groups is 1. The molecule has 0 aliphatic rings. The van der Waals surface area contributed by atoms with Gasteiger partial charge in [0, 0.05) is 22.9 Å². The van der Waals surface area contributed by atoms with Crippen molar-refractivity contribution in [2.75, 3.05) is 0 Å². The Morgan fingerprint density at radius 1 is 0.839 bits per heavy atom. The predicted octanol–water partition coefficient (Wildman–Crippen LogP) is 5.48. The van der Waals surface area contributed by atoms with Gasteiger partial charge in [-0.05, 0) is 47.0 Å². The minimum absolute atomic E-state index is 0.441. The molecule has 0 saturated heterocycles. The largest absolute Gasteiger partial charge is 0.366 e. The van der Waals surface area contributed by atoms with Gasteiger partial charge in [-0.3, -0.25) is 4.79 Å². The standard InChI is InChI=1S/C27H19N3O/c28-16-18-6-4-7-19(14-18)17-30-24-11-5-10-23(27(29)31)26(24)22-13-12-21(15-25(22)30)20-8-2-1-3-9-20/h1-15H,17H2,(H2,29,31). The predicted molar refractivity (Wildman–Crippen MR) is 124 cm³/mol. The van der Waals surface area contributed by atoms with Gasteiger partial charge in [-0.25, -0.2) is 0 Å². The number of aromatic nitrogens is 1. The molecule has 1 amide bonds. The molecule has 1 aromatic heterocycles. The molecule has 1 heterocycles. The second-order valence-electron chi connectivity index (χ2n) is 7.56. The quantitative estimate of drug-likeness (QED) is 0.433. The molecule has 4 aromatic carbocycles. The van der Waals surface area contributed by atoms with Crippen LogP contribution in [0.3, 0.4) is 0 Å². The summed E-state index contributed by atoms with van der Waals surface area (Å²) in [5, 5.41) is 11.1. The number of benzene rings is 4. The van der Waals surface area contributed by atoms with Crippen molar-refractivity contribution in [1.29, 1.82) is 5.26 Å². The number of primary amides is 1. The summed E-state index contributed by atoms with van der Waals surface area (Å²) in [4.78, 5) is 12.2. The molecule has 2 N–H and O–H groups in total. The van der Waals surface area contributed by atoms with Crippen molar-refractivity contribution < 1.29 is 4.79 Å². The first-order valence-corrected chi connectivity index (χ1v) is 10.0. The van der Waals surface area contributed by atoms with Gasteiger partial charge in [0.25, 0.3) is 0 Å². The molecule has 0 unspecified atom stereocenters. The molecular formula is C27H19N3O. The van der Waals surface area contributed by atoms with Crippen molar-refractivity contribution in [3.63, 3.8) is 0 Å². The van der Waals surface area contributed by atoms with Crippen LogP contribution in [0.2, 0.25) is 0 Å². The van der Waals surface area contributed by atoms with Gasteiger partial charge in [-0.2, -0.15) is 5.26 Å². The molecule has 0 radical (unpaired) electrons. The zero-order valence-electron chi connectivity index (χ0n) is 16.7. The fourth-order valence-electron chi connectivity index (χ4n) is 4.25. The average molecular weight is 401 g/mol. The number of hydrogen-bond acceptors (Lipinski definition) is 2. The topological polar surface area (TPSA) is 71.8 Å². The van der Waals surface area contributed by atoms with Crippen LogP contribution in [0.4, 0.5) is 0 Å². The lowest BCUT2D eigenvalue weighted by atomic mass is 10.0. The number of hydrogen-bond donors (Lipinski definition) is 1. The third-order valence-corrected chi connectivity index (χ3v) is 5.66. The van der Waals surface area contributed by atoms with Crippen molar-refractivity contribution in [2.45, 2.75) is 6.54 Å². The summed E-state index contributed by atoms with van der Waals surface area (Å²) in [5.41, 5.74) is 12.1. The molecule has 5 aromatic rings. The van der Waals surface area contributed by atoms with E-state index in [1.54, 1.807) is 12.1 Å². The lowest BCUT2D eigenvalue weighted by Gasteiger charge is -2.09. The Labute approximate surface area is 179 Å². The van der Waals surface area contributed by atoms with E-state index in [0.717, 1.165) is 38.5 Å². The second-order valence-corrected chi connectivity index (χ2v) is 7.56. The van der Waals surface area contributed by atoms with E-state index in [1.807, 2.05) is 48.5 Å². The molecule has 0 aliphatic carbocycles. The third kappa shape index (κ3) is 3.23. The number of fused-ring (bicyclic) bond motifs is 3. The zero-order chi connectivity index (χ0) is 21.4. The Morgan fingerprint density at radius 3 is 2.42 bits per heavy atom. The van der Waals surface area contributed by atoms with Crippen LogP contribution in [0, 0.1) is 11.3 Å². The normalized spacial score (nSPS) is 10.9. The van der Waals surface area contributed by atoms with Gasteiger partial charge in [0.2, 0.25) is 5.91 Å². The van der Waals surface area contributed by atoms with Gasteiger partial charge < -0.3 is 10.3 Å². The van der Waals surface area contributed by atoms with Crippen LogP contribution in [0.5, 0.6) is 0 Å². The molecule has 0 bridgehead atoms. The Bertz CT molecular complexity index is 1490. The van der Waals surface area contributed by atoms with E-state index in [4.69, 9.17) is 5.73 Å². The molecule has 148 valence electrons. The van der Waals surface area contributed by atoms with E-state index in [0.29, 0.717) is 17.7 Å². The van der Waals surface area contributed by atoms with Crippen LogP contribution >= 0.6 is 0 Å². The highest BCUT2D eigenvalue weighted by atomic mass is 16.1. The fraction of sp³-hybridized carbons (Fsp3) is 0.0370. The Balaban J connectivity index is 1.80. The van der Waals surface area contributed by atoms with Gasteiger partial charge in [-0.1, -0.05) is 60.7 Å². The lowest BCUT2D eigenvalue weighted by molar-refractivity contribution is 0.100. The van der Waals surface area contributed by atoms with E-state index >= 15 is 0 Å². The van der Waals surface area contributed by atoms with Crippen LogP contribution in [0.15, 0.2) is 91.0 Å². The Morgan fingerprint density at radius 2 is 1.65 bits per heavy atom. The summed E-state index contributed by atoms with van der Waals surface area (Å²) in [6, 6.07) is 32.0. The summed E-state index contributed by atoms with van der Waals surface area (Å²) in [6.07, 6.45) is 0. The summed E-state index contributed by atoms with van der Waals surface area (Å²) in [6.45, 7) is 0.579. The molecule has 0 fully saturated rings. The van der Waals surface area contributed by atoms with Crippen molar-refractivity contribution in [2.24, 2.45) is 5.73 Å². The maximum atomic E-state index is 12.2. The minimum Gasteiger partial charge on any atom is -0.366 e. The molecule has 31 heavy (non-hydrogen) atoms. The average Bonchev–Trinajstić information content (AvgIpc) is 3.12. The minimum atomic E-state index is -0.441. The van der Waals surface area contributed by atoms with E-state index < -0.39 is 5.91 Å². The molecule has 4 nitrogen and oxygen atoms in total. The van der Waals surface area contributed by atoms with Crippen LogP contribution in [0.25, 0.3) is 32.9 Å². The molecule has 5 rings (SSSR count). The number of amides is 1. The van der Waals surface area contributed by atoms with Gasteiger partial charge in [-0.15, -0.1) is 0 Å². The molecule has 0 aliphatic heterocycles. The summed E-state index contributed by atoms with van der Waals surface area (Å²) < 4.78 is 2.19. The van der Waals surface area contributed by atoms with Crippen molar-refractivity contribution in [3.8, 4) is 17.2 Å². The molecule has 0 spiro atoms. The second kappa shape index (κ2) is 7.47. The molecular weight excluding hydrogens is 382 g/mol.